The summed E-state index contributed by atoms with van der Waals surface area (Å²) >= 11 is 0. The van der Waals surface area contributed by atoms with Crippen molar-refractivity contribution in [1.82, 2.24) is 20.0 Å². The van der Waals surface area contributed by atoms with Gasteiger partial charge in [0.05, 0.1) is 5.56 Å². The van der Waals surface area contributed by atoms with Gasteiger partial charge in [0.1, 0.15) is 11.5 Å². The quantitative estimate of drug-likeness (QED) is 0.918. The molecular weight excluding hydrogens is 335 g/mol. The molecule has 7 heteroatoms. The van der Waals surface area contributed by atoms with Gasteiger partial charge in [-0.15, -0.1) is 0 Å². The molecule has 0 radical (unpaired) electrons. The van der Waals surface area contributed by atoms with Gasteiger partial charge in [0, 0.05) is 37.8 Å². The molecule has 1 aliphatic heterocycles. The van der Waals surface area contributed by atoms with Crippen LogP contribution in [0, 0.1) is 5.82 Å². The molecule has 1 saturated heterocycles. The van der Waals surface area contributed by atoms with Crippen molar-refractivity contribution < 1.29 is 14.0 Å². The smallest absolute Gasteiger partial charge is 0.274 e. The van der Waals surface area contributed by atoms with Gasteiger partial charge in [-0.1, -0.05) is 12.1 Å². The minimum atomic E-state index is -0.515. The minimum absolute atomic E-state index is 0.0775. The SMILES string of the molecule is O=C(c1cc(C2CC2)[nH]n1)N1CCCN(C(=O)c2ccccc2F)CC1. The highest BCUT2D eigenvalue weighted by Gasteiger charge is 2.29. The highest BCUT2D eigenvalue weighted by molar-refractivity contribution is 5.95. The van der Waals surface area contributed by atoms with Crippen molar-refractivity contribution in [2.75, 3.05) is 26.2 Å². The van der Waals surface area contributed by atoms with Crippen LogP contribution < -0.4 is 0 Å². The fourth-order valence-corrected chi connectivity index (χ4v) is 3.34. The van der Waals surface area contributed by atoms with Crippen molar-refractivity contribution in [3.63, 3.8) is 0 Å². The van der Waals surface area contributed by atoms with Gasteiger partial charge in [-0.2, -0.15) is 5.10 Å². The van der Waals surface area contributed by atoms with Crippen LogP contribution in [0.5, 0.6) is 0 Å². The van der Waals surface area contributed by atoms with E-state index in [1.165, 1.54) is 12.1 Å². The Kier molecular flexibility index (Phi) is 4.44. The van der Waals surface area contributed by atoms with Crippen molar-refractivity contribution in [2.24, 2.45) is 0 Å². The fourth-order valence-electron chi connectivity index (χ4n) is 3.34. The predicted molar refractivity (Wildman–Crippen MR) is 93.4 cm³/mol. The number of carbonyl (C=O) groups is 2. The molecular formula is C19H21FN4O2. The van der Waals surface area contributed by atoms with E-state index < -0.39 is 5.82 Å². The van der Waals surface area contributed by atoms with Crippen LogP contribution in [0.2, 0.25) is 0 Å². The van der Waals surface area contributed by atoms with Crippen LogP contribution >= 0.6 is 0 Å². The molecule has 26 heavy (non-hydrogen) atoms. The first-order chi connectivity index (χ1) is 12.6. The summed E-state index contributed by atoms with van der Waals surface area (Å²) in [5.41, 5.74) is 1.54. The first kappa shape index (κ1) is 16.8. The van der Waals surface area contributed by atoms with E-state index in [9.17, 15) is 14.0 Å². The number of aromatic amines is 1. The Bertz CT molecular complexity index is 830. The van der Waals surface area contributed by atoms with E-state index in [-0.39, 0.29) is 17.4 Å². The molecule has 2 aromatic rings. The molecule has 0 unspecified atom stereocenters. The molecule has 2 amide bonds. The molecule has 6 nitrogen and oxygen atoms in total. The summed E-state index contributed by atoms with van der Waals surface area (Å²) in [4.78, 5) is 28.6. The van der Waals surface area contributed by atoms with Gasteiger partial charge in [0.25, 0.3) is 11.8 Å². The molecule has 1 aromatic heterocycles. The second-order valence-electron chi connectivity index (χ2n) is 6.90. The lowest BCUT2D eigenvalue weighted by Crippen LogP contribution is -2.37. The van der Waals surface area contributed by atoms with Gasteiger partial charge >= 0.3 is 0 Å². The summed E-state index contributed by atoms with van der Waals surface area (Å²) in [6.07, 6.45) is 2.95. The number of benzene rings is 1. The first-order valence-corrected chi connectivity index (χ1v) is 9.02. The van der Waals surface area contributed by atoms with Crippen LogP contribution in [0.25, 0.3) is 0 Å². The number of amides is 2. The predicted octanol–water partition coefficient (Wildman–Crippen LogP) is 2.41. The summed E-state index contributed by atoms with van der Waals surface area (Å²) in [5, 5.41) is 7.10. The third-order valence-electron chi connectivity index (χ3n) is 5.01. The number of nitrogens with zero attached hydrogens (tertiary/aromatic N) is 3. The van der Waals surface area contributed by atoms with Crippen molar-refractivity contribution in [1.29, 1.82) is 0 Å². The van der Waals surface area contributed by atoms with E-state index in [0.717, 1.165) is 18.5 Å². The zero-order chi connectivity index (χ0) is 18.1. The van der Waals surface area contributed by atoms with Crippen LogP contribution in [0.3, 0.4) is 0 Å². The number of aromatic nitrogens is 2. The number of nitrogens with one attached hydrogen (secondary N) is 1. The Labute approximate surface area is 151 Å². The second-order valence-corrected chi connectivity index (χ2v) is 6.90. The molecule has 4 rings (SSSR count). The summed E-state index contributed by atoms with van der Waals surface area (Å²) < 4.78 is 13.9. The summed E-state index contributed by atoms with van der Waals surface area (Å²) in [6, 6.07) is 7.84. The monoisotopic (exact) mass is 356 g/mol. The van der Waals surface area contributed by atoms with Gasteiger partial charge in [-0.3, -0.25) is 14.7 Å². The van der Waals surface area contributed by atoms with E-state index in [2.05, 4.69) is 10.2 Å². The molecule has 136 valence electrons. The lowest BCUT2D eigenvalue weighted by atomic mass is 10.2. The lowest BCUT2D eigenvalue weighted by Gasteiger charge is -2.22. The number of hydrogen-bond donors (Lipinski definition) is 1. The molecule has 1 aliphatic carbocycles. The largest absolute Gasteiger partial charge is 0.337 e. The van der Waals surface area contributed by atoms with Crippen molar-refractivity contribution >= 4 is 11.8 Å². The highest BCUT2D eigenvalue weighted by atomic mass is 19.1. The molecule has 1 N–H and O–H groups in total. The summed E-state index contributed by atoms with van der Waals surface area (Å²) in [6.45, 7) is 1.87. The molecule has 2 fully saturated rings. The van der Waals surface area contributed by atoms with Crippen LogP contribution in [0.1, 0.15) is 51.7 Å². The third-order valence-corrected chi connectivity index (χ3v) is 5.01. The first-order valence-electron chi connectivity index (χ1n) is 9.02. The highest BCUT2D eigenvalue weighted by Crippen LogP contribution is 2.39. The third kappa shape index (κ3) is 3.34. The molecule has 1 aromatic carbocycles. The normalized spacial score (nSPS) is 17.9. The summed E-state index contributed by atoms with van der Waals surface area (Å²) in [7, 11) is 0. The molecule has 2 aliphatic rings. The Morgan fingerprint density at radius 3 is 2.42 bits per heavy atom. The van der Waals surface area contributed by atoms with Crippen LogP contribution in [0.15, 0.2) is 30.3 Å². The van der Waals surface area contributed by atoms with Crippen LogP contribution in [-0.4, -0.2) is 58.0 Å². The molecule has 1 saturated carbocycles. The van der Waals surface area contributed by atoms with E-state index in [1.54, 1.807) is 21.9 Å². The van der Waals surface area contributed by atoms with Gasteiger partial charge < -0.3 is 9.80 Å². The van der Waals surface area contributed by atoms with Crippen molar-refractivity contribution in [3.8, 4) is 0 Å². The maximum atomic E-state index is 13.9. The standard InChI is InChI=1S/C19H21FN4O2/c20-15-5-2-1-4-14(15)18(25)23-8-3-9-24(11-10-23)19(26)17-12-16(21-22-17)13-6-7-13/h1-2,4-5,12-13H,3,6-11H2,(H,21,22). The van der Waals surface area contributed by atoms with Crippen molar-refractivity contribution in [2.45, 2.75) is 25.2 Å². The van der Waals surface area contributed by atoms with Gasteiger partial charge in [0.15, 0.2) is 0 Å². The maximum absolute atomic E-state index is 13.9. The Balaban J connectivity index is 1.41. The fraction of sp³-hybridized carbons (Fsp3) is 0.421. The molecule has 0 atom stereocenters. The van der Waals surface area contributed by atoms with E-state index in [1.807, 2.05) is 6.07 Å². The zero-order valence-electron chi connectivity index (χ0n) is 14.4. The Hall–Kier alpha value is -2.70. The molecule has 0 spiro atoms. The van der Waals surface area contributed by atoms with Crippen molar-refractivity contribution in [3.05, 3.63) is 53.1 Å². The van der Waals surface area contributed by atoms with Crippen LogP contribution in [0.4, 0.5) is 4.39 Å². The van der Waals surface area contributed by atoms with Crippen LogP contribution in [-0.2, 0) is 0 Å². The Morgan fingerprint density at radius 2 is 1.73 bits per heavy atom. The zero-order valence-corrected chi connectivity index (χ0v) is 14.4. The number of H-pyrrole nitrogens is 1. The number of halogens is 1. The van der Waals surface area contributed by atoms with Gasteiger partial charge in [-0.05, 0) is 37.5 Å². The number of rotatable bonds is 3. The number of carbonyl (C=O) groups excluding carboxylic acids is 2. The summed E-state index contributed by atoms with van der Waals surface area (Å²) in [5.74, 6) is -0.442. The maximum Gasteiger partial charge on any atom is 0.274 e. The average molecular weight is 356 g/mol. The lowest BCUT2D eigenvalue weighted by molar-refractivity contribution is 0.0713. The van der Waals surface area contributed by atoms with E-state index >= 15 is 0 Å². The second kappa shape index (κ2) is 6.90. The van der Waals surface area contributed by atoms with E-state index in [0.29, 0.717) is 44.2 Å². The molecule has 2 heterocycles. The minimum Gasteiger partial charge on any atom is -0.337 e. The topological polar surface area (TPSA) is 69.3 Å². The Morgan fingerprint density at radius 1 is 1.04 bits per heavy atom. The van der Waals surface area contributed by atoms with Gasteiger partial charge in [-0.25, -0.2) is 4.39 Å². The molecule has 0 bridgehead atoms. The number of hydrogen-bond acceptors (Lipinski definition) is 3. The van der Waals surface area contributed by atoms with E-state index in [4.69, 9.17) is 0 Å². The average Bonchev–Trinajstić information content (AvgIpc) is 3.43. The van der Waals surface area contributed by atoms with Gasteiger partial charge in [0.2, 0.25) is 0 Å².